The number of hydrogen-bond acceptors (Lipinski definition) is 5. The highest BCUT2D eigenvalue weighted by Gasteiger charge is 2.17. The maximum Gasteiger partial charge on any atom is 0.246 e. The minimum absolute atomic E-state index is 0.260. The first-order chi connectivity index (χ1) is 12.0. The van der Waals surface area contributed by atoms with E-state index in [1.807, 2.05) is 6.07 Å². The van der Waals surface area contributed by atoms with Crippen molar-refractivity contribution in [3.05, 3.63) is 47.0 Å². The van der Waals surface area contributed by atoms with Gasteiger partial charge in [0.25, 0.3) is 0 Å². The maximum absolute atomic E-state index is 12.4. The zero-order valence-electron chi connectivity index (χ0n) is 14.1. The lowest BCUT2D eigenvalue weighted by Gasteiger charge is -2.18. The second kappa shape index (κ2) is 8.27. The minimum Gasteiger partial charge on any atom is -0.495 e. The Labute approximate surface area is 151 Å². The molecule has 6 nitrogen and oxygen atoms in total. The number of hydrogen-bond donors (Lipinski definition) is 2. The van der Waals surface area contributed by atoms with E-state index in [1.165, 1.54) is 14.2 Å². The second-order valence-corrected chi connectivity index (χ2v) is 5.64. The molecule has 1 amide bonds. The quantitative estimate of drug-likeness (QED) is 0.822. The minimum atomic E-state index is -0.566. The van der Waals surface area contributed by atoms with E-state index in [2.05, 4.69) is 10.6 Å². The lowest BCUT2D eigenvalue weighted by molar-refractivity contribution is -0.116. The van der Waals surface area contributed by atoms with Gasteiger partial charge in [-0.2, -0.15) is 5.26 Å². The van der Waals surface area contributed by atoms with Gasteiger partial charge in [0, 0.05) is 11.8 Å². The van der Waals surface area contributed by atoms with Crippen LogP contribution in [0, 0.1) is 11.3 Å². The number of anilines is 2. The number of nitrogens with zero attached hydrogens (tertiary/aromatic N) is 1. The predicted octanol–water partition coefficient (Wildman–Crippen LogP) is 3.67. The van der Waals surface area contributed by atoms with E-state index in [9.17, 15) is 4.79 Å². The smallest absolute Gasteiger partial charge is 0.246 e. The van der Waals surface area contributed by atoms with Gasteiger partial charge in [0.15, 0.2) is 0 Å². The normalized spacial score (nSPS) is 11.2. The first-order valence-electron chi connectivity index (χ1n) is 7.47. The van der Waals surface area contributed by atoms with Gasteiger partial charge < -0.3 is 20.1 Å². The molecule has 0 fully saturated rings. The Bertz CT molecular complexity index is 818. The van der Waals surface area contributed by atoms with Crippen LogP contribution in [0.1, 0.15) is 12.5 Å². The lowest BCUT2D eigenvalue weighted by atomic mass is 10.2. The number of halogens is 1. The van der Waals surface area contributed by atoms with Crippen molar-refractivity contribution in [2.45, 2.75) is 13.0 Å². The molecule has 0 radical (unpaired) electrons. The zero-order chi connectivity index (χ0) is 18.4. The van der Waals surface area contributed by atoms with Gasteiger partial charge in [-0.15, -0.1) is 0 Å². The SMILES string of the molecule is COc1cc(OC)c(N[C@@H](C)C(=O)Nc2cccc(C#N)c2)cc1Cl. The number of nitriles is 1. The lowest BCUT2D eigenvalue weighted by Crippen LogP contribution is -2.32. The first kappa shape index (κ1) is 18.4. The van der Waals surface area contributed by atoms with Crippen molar-refractivity contribution in [3.63, 3.8) is 0 Å². The fourth-order valence-corrected chi connectivity index (χ4v) is 2.43. The number of carbonyl (C=O) groups excluding carboxylic acids is 1. The Balaban J connectivity index is 2.13. The molecule has 0 aromatic heterocycles. The third-order valence-electron chi connectivity index (χ3n) is 3.50. The summed E-state index contributed by atoms with van der Waals surface area (Å²) in [5.41, 5.74) is 1.60. The number of amides is 1. The molecule has 2 aromatic rings. The Morgan fingerprint density at radius 1 is 1.20 bits per heavy atom. The molecule has 0 unspecified atom stereocenters. The second-order valence-electron chi connectivity index (χ2n) is 5.23. The van der Waals surface area contributed by atoms with Gasteiger partial charge in [0.2, 0.25) is 5.91 Å². The average Bonchev–Trinajstić information content (AvgIpc) is 2.62. The van der Waals surface area contributed by atoms with Crippen LogP contribution >= 0.6 is 11.6 Å². The van der Waals surface area contributed by atoms with Crippen LogP contribution in [-0.2, 0) is 4.79 Å². The van der Waals surface area contributed by atoms with Crippen LogP contribution in [-0.4, -0.2) is 26.2 Å². The first-order valence-corrected chi connectivity index (χ1v) is 7.85. The summed E-state index contributed by atoms with van der Waals surface area (Å²) in [6.45, 7) is 1.71. The molecule has 0 aliphatic carbocycles. The molecule has 25 heavy (non-hydrogen) atoms. The molecule has 2 aromatic carbocycles. The molecule has 0 aliphatic heterocycles. The topological polar surface area (TPSA) is 83.4 Å². The van der Waals surface area contributed by atoms with Gasteiger partial charge in [-0.05, 0) is 31.2 Å². The molecule has 2 N–H and O–H groups in total. The van der Waals surface area contributed by atoms with Crippen molar-refractivity contribution in [1.29, 1.82) is 5.26 Å². The van der Waals surface area contributed by atoms with Gasteiger partial charge >= 0.3 is 0 Å². The molecular formula is C18H18ClN3O3. The summed E-state index contributed by atoms with van der Waals surface area (Å²) < 4.78 is 10.5. The highest BCUT2D eigenvalue weighted by Crippen LogP contribution is 2.36. The number of benzene rings is 2. The molecule has 0 aliphatic rings. The Morgan fingerprint density at radius 3 is 2.56 bits per heavy atom. The van der Waals surface area contributed by atoms with Crippen LogP contribution in [0.3, 0.4) is 0 Å². The third-order valence-corrected chi connectivity index (χ3v) is 3.79. The van der Waals surface area contributed by atoms with E-state index in [-0.39, 0.29) is 5.91 Å². The molecule has 0 bridgehead atoms. The number of carbonyl (C=O) groups is 1. The van der Waals surface area contributed by atoms with Crippen LogP contribution in [0.4, 0.5) is 11.4 Å². The van der Waals surface area contributed by atoms with Crippen molar-refractivity contribution in [2.75, 3.05) is 24.9 Å². The molecule has 0 heterocycles. The van der Waals surface area contributed by atoms with Crippen molar-refractivity contribution in [2.24, 2.45) is 0 Å². The number of ether oxygens (including phenoxy) is 2. The molecule has 0 saturated heterocycles. The summed E-state index contributed by atoms with van der Waals surface area (Å²) >= 11 is 6.13. The summed E-state index contributed by atoms with van der Waals surface area (Å²) in [5, 5.41) is 15.1. The highest BCUT2D eigenvalue weighted by atomic mass is 35.5. The summed E-state index contributed by atoms with van der Waals surface area (Å²) in [6, 6.07) is 11.4. The summed E-state index contributed by atoms with van der Waals surface area (Å²) in [6.07, 6.45) is 0. The van der Waals surface area contributed by atoms with Crippen molar-refractivity contribution in [1.82, 2.24) is 0 Å². The molecule has 2 rings (SSSR count). The predicted molar refractivity (Wildman–Crippen MR) is 97.4 cm³/mol. The molecular weight excluding hydrogens is 342 g/mol. The molecule has 7 heteroatoms. The molecule has 0 saturated carbocycles. The highest BCUT2D eigenvalue weighted by molar-refractivity contribution is 6.32. The molecule has 1 atom stereocenters. The van der Waals surface area contributed by atoms with E-state index in [4.69, 9.17) is 26.3 Å². The summed E-state index contributed by atoms with van der Waals surface area (Å²) in [7, 11) is 3.03. The summed E-state index contributed by atoms with van der Waals surface area (Å²) in [5.74, 6) is 0.728. The van der Waals surface area contributed by atoms with Gasteiger partial charge in [-0.25, -0.2) is 0 Å². The fourth-order valence-electron chi connectivity index (χ4n) is 2.19. The van der Waals surface area contributed by atoms with Crippen molar-refractivity contribution < 1.29 is 14.3 Å². The number of rotatable bonds is 6. The van der Waals surface area contributed by atoms with Crippen LogP contribution < -0.4 is 20.1 Å². The van der Waals surface area contributed by atoms with Gasteiger partial charge in [-0.3, -0.25) is 4.79 Å². The van der Waals surface area contributed by atoms with Crippen LogP contribution in [0.5, 0.6) is 11.5 Å². The number of nitrogens with one attached hydrogen (secondary N) is 2. The van der Waals surface area contributed by atoms with Crippen molar-refractivity contribution in [3.8, 4) is 17.6 Å². The van der Waals surface area contributed by atoms with Gasteiger partial charge in [-0.1, -0.05) is 17.7 Å². The third kappa shape index (κ3) is 4.55. The van der Waals surface area contributed by atoms with Crippen LogP contribution in [0.15, 0.2) is 36.4 Å². The Kier molecular flexibility index (Phi) is 6.09. The van der Waals surface area contributed by atoms with Crippen LogP contribution in [0.25, 0.3) is 0 Å². The largest absolute Gasteiger partial charge is 0.495 e. The van der Waals surface area contributed by atoms with E-state index in [1.54, 1.807) is 43.3 Å². The van der Waals surface area contributed by atoms with E-state index >= 15 is 0 Å². The van der Waals surface area contributed by atoms with E-state index in [0.29, 0.717) is 33.5 Å². The maximum atomic E-state index is 12.4. The monoisotopic (exact) mass is 359 g/mol. The van der Waals surface area contributed by atoms with Gasteiger partial charge in [0.05, 0.1) is 36.6 Å². The summed E-state index contributed by atoms with van der Waals surface area (Å²) in [4.78, 5) is 12.4. The molecule has 0 spiro atoms. The Hall–Kier alpha value is -2.91. The average molecular weight is 360 g/mol. The molecule has 130 valence electrons. The van der Waals surface area contributed by atoms with Gasteiger partial charge in [0.1, 0.15) is 17.5 Å². The number of methoxy groups -OCH3 is 2. The fraction of sp³-hybridized carbons (Fsp3) is 0.222. The Morgan fingerprint density at radius 2 is 1.92 bits per heavy atom. The standard InChI is InChI=1S/C18H18ClN3O3/c1-11(18(23)22-13-6-4-5-12(7-13)10-20)21-15-8-14(19)16(24-2)9-17(15)25-3/h4-9,11,21H,1-3H3,(H,22,23)/t11-/m0/s1. The van der Waals surface area contributed by atoms with Crippen LogP contribution in [0.2, 0.25) is 5.02 Å². The zero-order valence-corrected chi connectivity index (χ0v) is 14.8. The van der Waals surface area contributed by atoms with Crippen molar-refractivity contribution >= 4 is 28.9 Å². The van der Waals surface area contributed by atoms with E-state index in [0.717, 1.165) is 0 Å². The van der Waals surface area contributed by atoms with E-state index < -0.39 is 6.04 Å².